The summed E-state index contributed by atoms with van der Waals surface area (Å²) < 4.78 is 0.877. The van der Waals surface area contributed by atoms with E-state index in [1.807, 2.05) is 13.8 Å². The number of amides is 1. The molecular weight excluding hydrogens is 252 g/mol. The first-order valence-corrected chi connectivity index (χ1v) is 5.66. The van der Waals surface area contributed by atoms with E-state index in [0.29, 0.717) is 5.01 Å². The first-order chi connectivity index (χ1) is 6.13. The minimum Gasteiger partial charge on any atom is -0.348 e. The molecule has 0 fully saturated rings. The van der Waals surface area contributed by atoms with Gasteiger partial charge in [-0.2, -0.15) is 0 Å². The van der Waals surface area contributed by atoms with Crippen LogP contribution in [0.3, 0.4) is 0 Å². The summed E-state index contributed by atoms with van der Waals surface area (Å²) >= 11 is 4.60. The molecule has 0 aliphatic rings. The third-order valence-electron chi connectivity index (χ3n) is 1.66. The monoisotopic (exact) mass is 262 g/mol. The summed E-state index contributed by atoms with van der Waals surface area (Å²) in [5.41, 5.74) is 0. The van der Waals surface area contributed by atoms with Gasteiger partial charge in [-0.25, -0.2) is 4.98 Å². The molecule has 0 bridgehead atoms. The van der Waals surface area contributed by atoms with Crippen LogP contribution in [0.15, 0.2) is 9.98 Å². The standard InChI is InChI=1S/C8H11BrN2OS/c1-3-5(2)11-7(12)8-10-4-6(9)13-8/h4-5H,3H2,1-2H3,(H,11,12). The molecule has 1 N–H and O–H groups in total. The minimum absolute atomic E-state index is 0.0925. The van der Waals surface area contributed by atoms with E-state index in [9.17, 15) is 4.79 Å². The Labute approximate surface area is 89.7 Å². The first-order valence-electron chi connectivity index (χ1n) is 4.05. The van der Waals surface area contributed by atoms with Crippen molar-refractivity contribution in [2.45, 2.75) is 26.3 Å². The lowest BCUT2D eigenvalue weighted by atomic mass is 10.2. The van der Waals surface area contributed by atoms with E-state index in [-0.39, 0.29) is 11.9 Å². The fourth-order valence-corrected chi connectivity index (χ4v) is 1.86. The largest absolute Gasteiger partial charge is 0.348 e. The fourth-order valence-electron chi connectivity index (χ4n) is 0.747. The summed E-state index contributed by atoms with van der Waals surface area (Å²) in [6, 6.07) is 0.204. The molecule has 1 heterocycles. The normalized spacial score (nSPS) is 12.5. The van der Waals surface area contributed by atoms with Gasteiger partial charge in [0.25, 0.3) is 5.91 Å². The van der Waals surface area contributed by atoms with Crippen LogP contribution in [-0.2, 0) is 0 Å². The highest BCUT2D eigenvalue weighted by Gasteiger charge is 2.11. The van der Waals surface area contributed by atoms with Gasteiger partial charge >= 0.3 is 0 Å². The molecule has 1 aromatic heterocycles. The van der Waals surface area contributed by atoms with Gasteiger partial charge in [0.05, 0.1) is 9.98 Å². The highest BCUT2D eigenvalue weighted by molar-refractivity contribution is 9.11. The Morgan fingerprint density at radius 3 is 3.00 bits per heavy atom. The van der Waals surface area contributed by atoms with Crippen molar-refractivity contribution in [2.24, 2.45) is 0 Å². The van der Waals surface area contributed by atoms with E-state index in [2.05, 4.69) is 26.2 Å². The first kappa shape index (κ1) is 10.7. The number of thiazole rings is 1. The third-order valence-corrected chi connectivity index (χ3v) is 3.14. The number of rotatable bonds is 3. The zero-order valence-electron chi connectivity index (χ0n) is 7.50. The lowest BCUT2D eigenvalue weighted by Crippen LogP contribution is -2.31. The van der Waals surface area contributed by atoms with Gasteiger partial charge in [0.1, 0.15) is 0 Å². The van der Waals surface area contributed by atoms with Crippen molar-refractivity contribution in [3.05, 3.63) is 15.0 Å². The van der Waals surface area contributed by atoms with Crippen LogP contribution in [0.2, 0.25) is 0 Å². The van der Waals surface area contributed by atoms with Gasteiger partial charge in [0.2, 0.25) is 0 Å². The summed E-state index contributed by atoms with van der Waals surface area (Å²) in [7, 11) is 0. The maximum atomic E-state index is 11.4. The smallest absolute Gasteiger partial charge is 0.280 e. The fraction of sp³-hybridized carbons (Fsp3) is 0.500. The van der Waals surface area contributed by atoms with Gasteiger partial charge in [-0.1, -0.05) is 6.92 Å². The number of carbonyl (C=O) groups is 1. The van der Waals surface area contributed by atoms with E-state index in [4.69, 9.17) is 0 Å². The third kappa shape index (κ3) is 3.08. The second-order valence-electron chi connectivity index (χ2n) is 2.75. The topological polar surface area (TPSA) is 42.0 Å². The Morgan fingerprint density at radius 2 is 2.54 bits per heavy atom. The van der Waals surface area contributed by atoms with Gasteiger partial charge in [0, 0.05) is 6.04 Å². The highest BCUT2D eigenvalue weighted by Crippen LogP contribution is 2.18. The Kier molecular flexibility index (Phi) is 3.87. The molecule has 1 amide bonds. The van der Waals surface area contributed by atoms with Crippen LogP contribution in [0.25, 0.3) is 0 Å². The molecule has 1 aromatic rings. The Hall–Kier alpha value is -0.420. The molecule has 0 aliphatic carbocycles. The summed E-state index contributed by atoms with van der Waals surface area (Å²) in [6.07, 6.45) is 2.56. The van der Waals surface area contributed by atoms with Crippen LogP contribution in [-0.4, -0.2) is 16.9 Å². The average molecular weight is 263 g/mol. The molecule has 1 rings (SSSR count). The number of halogens is 1. The molecule has 0 aliphatic heterocycles. The van der Waals surface area contributed by atoms with Gasteiger partial charge < -0.3 is 5.32 Å². The predicted octanol–water partition coefficient (Wildman–Crippen LogP) is 2.43. The SMILES string of the molecule is CCC(C)NC(=O)c1ncc(Br)s1. The van der Waals surface area contributed by atoms with Crippen molar-refractivity contribution in [1.82, 2.24) is 10.3 Å². The molecule has 0 radical (unpaired) electrons. The predicted molar refractivity (Wildman–Crippen MR) is 57.0 cm³/mol. The molecule has 13 heavy (non-hydrogen) atoms. The molecule has 0 saturated carbocycles. The van der Waals surface area contributed by atoms with Crippen molar-refractivity contribution >= 4 is 33.2 Å². The molecular formula is C8H11BrN2OS. The molecule has 0 spiro atoms. The number of nitrogens with zero attached hydrogens (tertiary/aromatic N) is 1. The van der Waals surface area contributed by atoms with Crippen LogP contribution in [0.4, 0.5) is 0 Å². The van der Waals surface area contributed by atoms with Crippen molar-refractivity contribution < 1.29 is 4.79 Å². The number of carbonyl (C=O) groups excluding carboxylic acids is 1. The van der Waals surface area contributed by atoms with Gasteiger partial charge in [-0.3, -0.25) is 4.79 Å². The average Bonchev–Trinajstić information content (AvgIpc) is 2.51. The summed E-state index contributed by atoms with van der Waals surface area (Å²) in [4.78, 5) is 15.4. The molecule has 0 aromatic carbocycles. The Bertz CT molecular complexity index is 300. The number of hydrogen-bond donors (Lipinski definition) is 1. The molecule has 3 nitrogen and oxygen atoms in total. The number of aromatic nitrogens is 1. The number of hydrogen-bond acceptors (Lipinski definition) is 3. The quantitative estimate of drug-likeness (QED) is 0.910. The highest BCUT2D eigenvalue weighted by atomic mass is 79.9. The number of nitrogens with one attached hydrogen (secondary N) is 1. The zero-order valence-corrected chi connectivity index (χ0v) is 9.91. The maximum absolute atomic E-state index is 11.4. The van der Waals surface area contributed by atoms with Crippen LogP contribution in [0, 0.1) is 0 Å². The van der Waals surface area contributed by atoms with Gasteiger partial charge in [-0.15, -0.1) is 11.3 Å². The summed E-state index contributed by atoms with van der Waals surface area (Å²) in [5, 5.41) is 3.35. The second-order valence-corrected chi connectivity index (χ2v) is 5.16. The molecule has 72 valence electrons. The molecule has 1 unspecified atom stereocenters. The van der Waals surface area contributed by atoms with E-state index in [1.165, 1.54) is 11.3 Å². The van der Waals surface area contributed by atoms with E-state index in [0.717, 1.165) is 10.2 Å². The zero-order chi connectivity index (χ0) is 9.84. The van der Waals surface area contributed by atoms with Crippen LogP contribution in [0.5, 0.6) is 0 Å². The maximum Gasteiger partial charge on any atom is 0.280 e. The Morgan fingerprint density at radius 1 is 1.85 bits per heavy atom. The molecule has 1 atom stereocenters. The van der Waals surface area contributed by atoms with Gasteiger partial charge in [-0.05, 0) is 29.3 Å². The van der Waals surface area contributed by atoms with E-state index < -0.39 is 0 Å². The lowest BCUT2D eigenvalue weighted by Gasteiger charge is -2.08. The van der Waals surface area contributed by atoms with Crippen LogP contribution in [0.1, 0.15) is 30.1 Å². The Balaban J connectivity index is 2.58. The van der Waals surface area contributed by atoms with Crippen LogP contribution >= 0.6 is 27.3 Å². The minimum atomic E-state index is -0.0925. The summed E-state index contributed by atoms with van der Waals surface area (Å²) in [5.74, 6) is -0.0925. The van der Waals surface area contributed by atoms with Crippen molar-refractivity contribution in [3.63, 3.8) is 0 Å². The molecule has 0 saturated heterocycles. The van der Waals surface area contributed by atoms with E-state index >= 15 is 0 Å². The summed E-state index contributed by atoms with van der Waals surface area (Å²) in [6.45, 7) is 4.00. The lowest BCUT2D eigenvalue weighted by molar-refractivity contribution is 0.0939. The van der Waals surface area contributed by atoms with E-state index in [1.54, 1.807) is 6.20 Å². The van der Waals surface area contributed by atoms with Crippen molar-refractivity contribution in [2.75, 3.05) is 0 Å². The molecule has 5 heteroatoms. The van der Waals surface area contributed by atoms with Gasteiger partial charge in [0.15, 0.2) is 5.01 Å². The van der Waals surface area contributed by atoms with Crippen LogP contribution < -0.4 is 5.32 Å². The van der Waals surface area contributed by atoms with Crippen molar-refractivity contribution in [1.29, 1.82) is 0 Å². The van der Waals surface area contributed by atoms with Crippen molar-refractivity contribution in [3.8, 4) is 0 Å². The second kappa shape index (κ2) is 4.72.